The lowest BCUT2D eigenvalue weighted by Crippen LogP contribution is -2.62. The quantitative estimate of drug-likeness (QED) is 0.252. The Morgan fingerprint density at radius 3 is 2.03 bits per heavy atom. The Morgan fingerprint density at radius 2 is 1.18 bits per heavy atom. The fourth-order valence-corrected chi connectivity index (χ4v) is 18.0. The largest absolute Gasteiger partial charge is 0.481 e. The third-order valence-corrected chi connectivity index (χ3v) is 21.6. The van der Waals surface area contributed by atoms with Crippen LogP contribution in [0.5, 0.6) is 0 Å². The monoisotopic (exact) mass is 1090 g/mol. The summed E-state index contributed by atoms with van der Waals surface area (Å²) in [5.74, 6) is -3.99. The Bertz CT molecular complexity index is 2370. The second-order valence-corrected chi connectivity index (χ2v) is 27.1. The number of aliphatic carboxylic acids is 1. The number of carboxylic acid groups (broad SMARTS) is 1. The normalized spacial score (nSPS) is 58.0. The van der Waals surface area contributed by atoms with Crippen LogP contribution in [-0.4, -0.2) is 186 Å². The minimum atomic E-state index is -1.00. The van der Waals surface area contributed by atoms with E-state index in [1.54, 1.807) is 0 Å². The molecule has 12 bridgehead atoms. The van der Waals surface area contributed by atoms with Crippen LogP contribution in [-0.2, 0) is 80.6 Å². The van der Waals surface area contributed by atoms with Gasteiger partial charge < -0.3 is 81.3 Å². The first kappa shape index (κ1) is 52.6. The van der Waals surface area contributed by atoms with E-state index in [0.29, 0.717) is 64.2 Å². The van der Waals surface area contributed by atoms with Gasteiger partial charge in [0.05, 0.1) is 123 Å². The molecule has 1 unspecified atom stereocenters. The van der Waals surface area contributed by atoms with Crippen molar-refractivity contribution in [2.75, 3.05) is 0 Å². The SMILES string of the molecule is C=C1C[C@@H]2CC[C@@]34C[C@@H]5O[C@H]6[C@@H](O3)[C@H]3O[C@H](CC[C@@H]3O[C@H]6C5O4)CC(=O)O[C@@H]3[C@@H](C)[C@@H]4O[C@@H]5C[C@@]6(C[C@@H]7O[C@]8(C[C@H](C)[C@@H]9O[C@H](CC(=O)O)[C@H](O)C[C@@H]9O8)C[C@H](C)[C@@H]7O6)O[C@@H]5C[C@@H]4O[C@H]3C[C@H]3O[C@@H](CC[C@@H]1O2)C[C@@H](C)C3=C. The minimum Gasteiger partial charge on any atom is -0.481 e. The number of rotatable bonds is 2. The van der Waals surface area contributed by atoms with Gasteiger partial charge in [-0.05, 0) is 73.8 Å². The first-order chi connectivity index (χ1) is 37.4. The molecule has 0 aliphatic carbocycles. The second kappa shape index (κ2) is 19.4. The van der Waals surface area contributed by atoms with Crippen molar-refractivity contribution in [3.63, 3.8) is 0 Å². The number of carbonyl (C=O) groups excluding carboxylic acids is 1. The summed E-state index contributed by atoms with van der Waals surface area (Å²) in [4.78, 5) is 26.1. The summed E-state index contributed by atoms with van der Waals surface area (Å²) in [5.41, 5.74) is 2.14. The van der Waals surface area contributed by atoms with Gasteiger partial charge in [-0.3, -0.25) is 9.59 Å². The number of hydrogen-bond acceptors (Lipinski definition) is 18. The number of hydrogen-bond donors (Lipinski definition) is 2. The lowest BCUT2D eigenvalue weighted by atomic mass is 9.78. The number of ether oxygens (including phenoxy) is 15. The predicted molar refractivity (Wildman–Crippen MR) is 268 cm³/mol. The molecule has 19 heteroatoms. The third kappa shape index (κ3) is 8.98. The standard InChI is InChI=1S/C59H82O19/c1-25-13-31-7-9-35-26(2)14-33(64-35)11-12-57-23-44-53(77-57)54-55(71-44)56(78-57)52-36(68-54)10-8-32(66-52)15-47(63)72-51-30(6)50-41(67-40(51)17-37(65-31)29(25)5)18-39-43(70-50)22-59(73-39)24-45-49(76-59)28(4)21-58(75-45)20-27(3)48-42(74-58)16-34(60)38(69-48)19-46(61)62/h25,27-28,30-45,48-56,60H,2,5,7-24H2,1,3-4,6H3,(H,61,62)/t25-,27+,28+,30+,31+,32-,33+,34-,35+,36+,37-,38-,39-,40+,41+,42+,43-,44+,45+,48+,49+,50+,51-,52+,53?,54+,55-,56+,57+,58-,59-/m1/s1. The summed E-state index contributed by atoms with van der Waals surface area (Å²) < 4.78 is 103. The van der Waals surface area contributed by atoms with Crippen LogP contribution in [0.3, 0.4) is 0 Å². The number of aliphatic hydroxyl groups excluding tert-OH is 1. The lowest BCUT2D eigenvalue weighted by Gasteiger charge is -2.54. The van der Waals surface area contributed by atoms with E-state index < -0.39 is 72.2 Å². The van der Waals surface area contributed by atoms with E-state index in [-0.39, 0.29) is 147 Å². The number of carboxylic acids is 1. The molecular formula is C59H82O19. The van der Waals surface area contributed by atoms with Gasteiger partial charge in [-0.2, -0.15) is 0 Å². The number of aliphatic hydroxyl groups is 1. The zero-order valence-corrected chi connectivity index (χ0v) is 45.6. The van der Waals surface area contributed by atoms with E-state index in [1.165, 1.54) is 0 Å². The van der Waals surface area contributed by atoms with E-state index in [9.17, 15) is 19.8 Å². The minimum absolute atomic E-state index is 0.00942. The van der Waals surface area contributed by atoms with Gasteiger partial charge in [0.2, 0.25) is 0 Å². The third-order valence-electron chi connectivity index (χ3n) is 21.6. The van der Waals surface area contributed by atoms with Crippen LogP contribution in [0, 0.1) is 23.7 Å². The zero-order chi connectivity index (χ0) is 53.3. The van der Waals surface area contributed by atoms with Crippen molar-refractivity contribution in [2.45, 2.75) is 307 Å². The second-order valence-electron chi connectivity index (χ2n) is 27.1. The average Bonchev–Trinajstić information content (AvgIpc) is 4.05. The van der Waals surface area contributed by atoms with Gasteiger partial charge in [0.15, 0.2) is 17.4 Å². The van der Waals surface area contributed by atoms with E-state index in [4.69, 9.17) is 71.1 Å². The molecule has 3 spiro atoms. The summed E-state index contributed by atoms with van der Waals surface area (Å²) in [6.45, 7) is 17.7. The van der Waals surface area contributed by atoms with Gasteiger partial charge in [0.1, 0.15) is 36.6 Å². The maximum atomic E-state index is 14.6. The molecule has 0 aromatic rings. The van der Waals surface area contributed by atoms with Crippen molar-refractivity contribution in [2.24, 2.45) is 23.7 Å². The molecule has 16 aliphatic heterocycles. The molecule has 0 radical (unpaired) electrons. The van der Waals surface area contributed by atoms with Crippen LogP contribution in [0.1, 0.15) is 143 Å². The van der Waals surface area contributed by atoms with Gasteiger partial charge in [-0.15, -0.1) is 0 Å². The van der Waals surface area contributed by atoms with Crippen molar-refractivity contribution in [1.82, 2.24) is 0 Å². The summed E-state index contributed by atoms with van der Waals surface area (Å²) in [6.07, 6.45) is 1.76. The smallest absolute Gasteiger partial charge is 0.308 e. The molecule has 78 heavy (non-hydrogen) atoms. The van der Waals surface area contributed by atoms with Crippen molar-refractivity contribution in [3.05, 3.63) is 24.3 Å². The average molecular weight is 1100 g/mol. The van der Waals surface area contributed by atoms with Crippen molar-refractivity contribution in [3.8, 4) is 0 Å². The molecule has 16 saturated heterocycles. The lowest BCUT2D eigenvalue weighted by molar-refractivity contribution is -0.371. The molecule has 16 heterocycles. The Kier molecular flexibility index (Phi) is 13.1. The molecule has 16 aliphatic rings. The molecule has 16 fully saturated rings. The molecule has 2 N–H and O–H groups in total. The van der Waals surface area contributed by atoms with Gasteiger partial charge in [0.25, 0.3) is 0 Å². The van der Waals surface area contributed by atoms with Crippen LogP contribution in [0.15, 0.2) is 24.3 Å². The first-order valence-corrected chi connectivity index (χ1v) is 30.2. The highest BCUT2D eigenvalue weighted by Crippen LogP contribution is 2.58. The highest BCUT2D eigenvalue weighted by Gasteiger charge is 2.70. The van der Waals surface area contributed by atoms with E-state index >= 15 is 0 Å². The first-order valence-electron chi connectivity index (χ1n) is 30.2. The summed E-state index contributed by atoms with van der Waals surface area (Å²) >= 11 is 0. The van der Waals surface area contributed by atoms with E-state index in [2.05, 4.69) is 40.9 Å². The van der Waals surface area contributed by atoms with E-state index in [0.717, 1.165) is 43.3 Å². The van der Waals surface area contributed by atoms with Crippen LogP contribution >= 0.6 is 0 Å². The molecule has 19 nitrogen and oxygen atoms in total. The summed E-state index contributed by atoms with van der Waals surface area (Å²) in [6, 6.07) is 0. The fourth-order valence-electron chi connectivity index (χ4n) is 18.0. The topological polar surface area (TPSA) is 213 Å². The maximum absolute atomic E-state index is 14.6. The molecule has 0 aromatic heterocycles. The van der Waals surface area contributed by atoms with E-state index in [1.807, 2.05) is 0 Å². The maximum Gasteiger partial charge on any atom is 0.308 e. The van der Waals surface area contributed by atoms with Gasteiger partial charge in [0, 0.05) is 63.7 Å². The van der Waals surface area contributed by atoms with Gasteiger partial charge >= 0.3 is 11.9 Å². The molecule has 0 saturated carbocycles. The molecule has 432 valence electrons. The highest BCUT2D eigenvalue weighted by molar-refractivity contribution is 5.70. The van der Waals surface area contributed by atoms with Gasteiger partial charge in [-0.1, -0.05) is 40.9 Å². The van der Waals surface area contributed by atoms with Gasteiger partial charge in [-0.25, -0.2) is 0 Å². The Balaban J connectivity index is 0.661. The molecule has 0 aromatic carbocycles. The van der Waals surface area contributed by atoms with Crippen molar-refractivity contribution in [1.29, 1.82) is 0 Å². The predicted octanol–water partition coefficient (Wildman–Crippen LogP) is 5.66. The van der Waals surface area contributed by atoms with Crippen LogP contribution < -0.4 is 0 Å². The van der Waals surface area contributed by atoms with Crippen LogP contribution in [0.4, 0.5) is 0 Å². The summed E-state index contributed by atoms with van der Waals surface area (Å²) in [5, 5.41) is 20.4. The van der Waals surface area contributed by atoms with Crippen LogP contribution in [0.25, 0.3) is 0 Å². The fraction of sp³-hybridized carbons (Fsp3) is 0.898. The van der Waals surface area contributed by atoms with Crippen LogP contribution in [0.2, 0.25) is 0 Å². The molecule has 31 atom stereocenters. The zero-order valence-electron chi connectivity index (χ0n) is 45.6. The Hall–Kier alpha value is -2.18. The molecular weight excluding hydrogens is 1010 g/mol. The summed E-state index contributed by atoms with van der Waals surface area (Å²) in [7, 11) is 0. The Morgan fingerprint density at radius 1 is 0.513 bits per heavy atom. The highest BCUT2D eigenvalue weighted by atomic mass is 16.8. The van der Waals surface area contributed by atoms with Crippen molar-refractivity contribution < 1.29 is 90.9 Å². The molecule has 0 amide bonds. The number of fused-ring (bicyclic) bond motifs is 10. The van der Waals surface area contributed by atoms with Crippen molar-refractivity contribution >= 4 is 11.9 Å². The number of esters is 1. The Labute approximate surface area is 456 Å². The number of carbonyl (C=O) groups is 2. The molecule has 16 rings (SSSR count).